The molecule has 7 rings (SSSR count). The standard InChI is InChI=1S/C31H35F3N4O8/c1-37(2)22-15-9-11-8-14-17(23(39)16(11)27(42)30(15,45)28(43)19(25(22)41)29(35)44)24(40)20-18(26(14)46-31(32,33)34)21-12(10-36-20)7-13-5-3-4-6-38(13)21/h11-13,15,21-22,36,39-40,43,45H,3-10H2,1-2H3,(H2,35,44)/t11-,12-,13?,15-,21-,22-,30-/m0/s1. The number of anilines is 1. The Morgan fingerprint density at radius 3 is 2.52 bits per heavy atom. The summed E-state index contributed by atoms with van der Waals surface area (Å²) in [4.78, 5) is 43.2. The molecule has 15 heteroatoms. The summed E-state index contributed by atoms with van der Waals surface area (Å²) in [6, 6.07) is -1.64. The maximum absolute atomic E-state index is 14.2. The third-order valence-corrected chi connectivity index (χ3v) is 11.0. The number of aliphatic hydroxyl groups is 3. The normalized spacial score (nSPS) is 33.9. The molecule has 7 N–H and O–H groups in total. The SMILES string of the molecule is CN(C)[C@@H]1C(=O)C(C(N)=O)=C(O)[C@@]2(O)C(=O)C3=C(O)c4c(O)c5c(c(OC(F)(F)F)c4C[C@H]3C[C@@H]12)[C@@H]1[C@H](CN5)CC2CCCCN21. The summed E-state index contributed by atoms with van der Waals surface area (Å²) < 4.78 is 47.2. The average Bonchev–Trinajstić information content (AvgIpc) is 3.35. The molecule has 0 bridgehead atoms. The first kappa shape index (κ1) is 30.8. The van der Waals surface area contributed by atoms with Crippen molar-refractivity contribution < 1.29 is 52.7 Å². The van der Waals surface area contributed by atoms with Crippen LogP contribution in [0.1, 0.15) is 54.8 Å². The van der Waals surface area contributed by atoms with Gasteiger partial charge in [-0.2, -0.15) is 0 Å². The lowest BCUT2D eigenvalue weighted by Crippen LogP contribution is -2.65. The molecule has 248 valence electrons. The molecule has 1 unspecified atom stereocenters. The van der Waals surface area contributed by atoms with Crippen molar-refractivity contribution in [1.29, 1.82) is 0 Å². The number of carbonyl (C=O) groups excluding carboxylic acids is 3. The number of ether oxygens (including phenoxy) is 1. The van der Waals surface area contributed by atoms with Crippen LogP contribution in [0.25, 0.3) is 5.76 Å². The minimum Gasteiger partial charge on any atom is -0.508 e. The highest BCUT2D eigenvalue weighted by molar-refractivity contribution is 6.24. The molecule has 46 heavy (non-hydrogen) atoms. The zero-order valence-corrected chi connectivity index (χ0v) is 25.1. The van der Waals surface area contributed by atoms with Crippen LogP contribution in [0, 0.1) is 17.8 Å². The molecule has 3 aliphatic carbocycles. The van der Waals surface area contributed by atoms with Gasteiger partial charge in [-0.05, 0) is 64.6 Å². The van der Waals surface area contributed by atoms with Gasteiger partial charge in [-0.1, -0.05) is 6.42 Å². The number of fused-ring (bicyclic) bond motifs is 8. The summed E-state index contributed by atoms with van der Waals surface area (Å²) in [5, 5.41) is 49.2. The number of rotatable bonds is 3. The van der Waals surface area contributed by atoms with Crippen LogP contribution in [0.3, 0.4) is 0 Å². The lowest BCUT2D eigenvalue weighted by Gasteiger charge is -2.50. The molecule has 1 amide bonds. The van der Waals surface area contributed by atoms with E-state index in [0.717, 1.165) is 25.7 Å². The number of Topliss-reactive ketones (excluding diaryl/α,β-unsaturated/α-hetero) is 2. The van der Waals surface area contributed by atoms with Gasteiger partial charge in [0.25, 0.3) is 5.91 Å². The number of phenols is 1. The Labute approximate surface area is 261 Å². The van der Waals surface area contributed by atoms with Gasteiger partial charge in [0, 0.05) is 41.2 Å². The number of hydrogen-bond acceptors (Lipinski definition) is 11. The zero-order chi connectivity index (χ0) is 33.2. The molecule has 12 nitrogen and oxygen atoms in total. The van der Waals surface area contributed by atoms with Crippen LogP contribution in [0.2, 0.25) is 0 Å². The Morgan fingerprint density at radius 1 is 1.15 bits per heavy atom. The number of carbonyl (C=O) groups is 3. The van der Waals surface area contributed by atoms with Crippen LogP contribution in [-0.4, -0.2) is 98.9 Å². The van der Waals surface area contributed by atoms with Crippen molar-refractivity contribution in [3.05, 3.63) is 33.6 Å². The lowest BCUT2D eigenvalue weighted by molar-refractivity contribution is -0.275. The monoisotopic (exact) mass is 648 g/mol. The highest BCUT2D eigenvalue weighted by Crippen LogP contribution is 2.60. The van der Waals surface area contributed by atoms with Crippen molar-refractivity contribution in [2.24, 2.45) is 23.5 Å². The van der Waals surface area contributed by atoms with Gasteiger partial charge in [0.15, 0.2) is 17.1 Å². The molecule has 1 aromatic rings. The number of nitrogens with one attached hydrogen (secondary N) is 1. The first-order valence-electron chi connectivity index (χ1n) is 15.4. The van der Waals surface area contributed by atoms with Gasteiger partial charge in [-0.15, -0.1) is 13.2 Å². The third kappa shape index (κ3) is 4.06. The summed E-state index contributed by atoms with van der Waals surface area (Å²) in [5.74, 6) is -9.24. The molecule has 3 fully saturated rings. The molecule has 3 heterocycles. The van der Waals surface area contributed by atoms with Crippen molar-refractivity contribution in [1.82, 2.24) is 9.80 Å². The van der Waals surface area contributed by atoms with E-state index in [4.69, 9.17) is 10.5 Å². The van der Waals surface area contributed by atoms with Crippen molar-refractivity contribution in [2.75, 3.05) is 32.5 Å². The second-order valence-corrected chi connectivity index (χ2v) is 13.5. The summed E-state index contributed by atoms with van der Waals surface area (Å²) in [7, 11) is 2.93. The van der Waals surface area contributed by atoms with Gasteiger partial charge in [-0.25, -0.2) is 0 Å². The third-order valence-electron chi connectivity index (χ3n) is 11.0. The van der Waals surface area contributed by atoms with E-state index in [-0.39, 0.29) is 41.6 Å². The van der Waals surface area contributed by atoms with Crippen LogP contribution in [0.15, 0.2) is 16.9 Å². The van der Waals surface area contributed by atoms with Crippen LogP contribution >= 0.6 is 0 Å². The molecule has 6 aliphatic rings. The van der Waals surface area contributed by atoms with Crippen LogP contribution in [-0.2, 0) is 20.8 Å². The zero-order valence-electron chi connectivity index (χ0n) is 25.1. The second kappa shape index (κ2) is 10.1. The number of benzene rings is 1. The molecule has 0 aromatic heterocycles. The Kier molecular flexibility index (Phi) is 6.76. The van der Waals surface area contributed by atoms with Gasteiger partial charge in [0.05, 0.1) is 17.3 Å². The number of piperidine rings is 1. The molecule has 0 spiro atoms. The summed E-state index contributed by atoms with van der Waals surface area (Å²) in [6.07, 6.45) is -2.16. The Balaban J connectivity index is 1.45. The number of likely N-dealkylation sites (N-methyl/N-ethyl adjacent to an activating group) is 1. The first-order chi connectivity index (χ1) is 21.6. The quantitative estimate of drug-likeness (QED) is 0.209. The topological polar surface area (TPSA) is 186 Å². The van der Waals surface area contributed by atoms with Crippen LogP contribution in [0.4, 0.5) is 18.9 Å². The van der Waals surface area contributed by atoms with Gasteiger partial charge < -0.3 is 36.2 Å². The van der Waals surface area contributed by atoms with Crippen molar-refractivity contribution in [3.8, 4) is 11.5 Å². The van der Waals surface area contributed by atoms with Gasteiger partial charge >= 0.3 is 6.36 Å². The fourth-order valence-corrected chi connectivity index (χ4v) is 9.28. The van der Waals surface area contributed by atoms with E-state index in [1.807, 2.05) is 0 Å². The number of ketones is 2. The number of hydrogen-bond donors (Lipinski definition) is 6. The van der Waals surface area contributed by atoms with E-state index < -0.39 is 93.1 Å². The maximum atomic E-state index is 14.2. The Hall–Kier alpha value is -3.82. The largest absolute Gasteiger partial charge is 0.573 e. The summed E-state index contributed by atoms with van der Waals surface area (Å²) >= 11 is 0. The number of phenolic OH excluding ortho intramolecular Hbond substituents is 1. The molecule has 1 saturated carbocycles. The fourth-order valence-electron chi connectivity index (χ4n) is 9.28. The van der Waals surface area contributed by atoms with Crippen molar-refractivity contribution in [2.45, 2.75) is 68.6 Å². The van der Waals surface area contributed by atoms with E-state index in [1.54, 1.807) is 0 Å². The highest BCUT2D eigenvalue weighted by Gasteiger charge is 2.64. The molecular weight excluding hydrogens is 613 g/mol. The predicted molar refractivity (Wildman–Crippen MR) is 155 cm³/mol. The second-order valence-electron chi connectivity index (χ2n) is 13.5. The highest BCUT2D eigenvalue weighted by atomic mass is 19.4. The van der Waals surface area contributed by atoms with E-state index in [2.05, 4.69) is 10.2 Å². The number of amides is 1. The molecular formula is C31H35F3N4O8. The Morgan fingerprint density at radius 2 is 1.87 bits per heavy atom. The van der Waals surface area contributed by atoms with Crippen molar-refractivity contribution >= 4 is 28.9 Å². The predicted octanol–water partition coefficient (Wildman–Crippen LogP) is 2.20. The number of nitrogens with zero attached hydrogens (tertiary/aromatic N) is 2. The van der Waals surface area contributed by atoms with Gasteiger partial charge in [0.2, 0.25) is 5.78 Å². The summed E-state index contributed by atoms with van der Waals surface area (Å²) in [5.41, 5.74) is 0.601. The fraction of sp³-hybridized carbons (Fsp3) is 0.581. The van der Waals surface area contributed by atoms with Gasteiger partial charge in [0.1, 0.15) is 22.8 Å². The lowest BCUT2D eigenvalue weighted by atomic mass is 9.57. The molecule has 0 radical (unpaired) electrons. The van der Waals surface area contributed by atoms with E-state index in [9.17, 15) is 48.0 Å². The molecule has 2 saturated heterocycles. The number of alkyl halides is 3. The minimum absolute atomic E-state index is 0.0365. The average molecular weight is 649 g/mol. The van der Waals surface area contributed by atoms with E-state index >= 15 is 0 Å². The number of aliphatic hydroxyl groups excluding tert-OH is 2. The van der Waals surface area contributed by atoms with Crippen molar-refractivity contribution in [3.63, 3.8) is 0 Å². The van der Waals surface area contributed by atoms with Gasteiger partial charge in [-0.3, -0.25) is 24.2 Å². The Bertz CT molecular complexity index is 1650. The molecule has 1 aromatic carbocycles. The van der Waals surface area contributed by atoms with Crippen LogP contribution in [0.5, 0.6) is 11.5 Å². The van der Waals surface area contributed by atoms with E-state index in [0.29, 0.717) is 13.1 Å². The first-order valence-corrected chi connectivity index (χ1v) is 15.4. The van der Waals surface area contributed by atoms with Crippen LogP contribution < -0.4 is 15.8 Å². The number of aromatic hydroxyl groups is 1. The molecule has 7 atom stereocenters. The minimum atomic E-state index is -5.14. The summed E-state index contributed by atoms with van der Waals surface area (Å²) in [6.45, 7) is 1.03. The maximum Gasteiger partial charge on any atom is 0.573 e. The van der Waals surface area contributed by atoms with E-state index in [1.165, 1.54) is 19.0 Å². The number of nitrogens with two attached hydrogens (primary N) is 1. The number of halogens is 3. The smallest absolute Gasteiger partial charge is 0.508 e. The number of primary amides is 1. The molecule has 3 aliphatic heterocycles.